The highest BCUT2D eigenvalue weighted by Gasteiger charge is 2.23. The highest BCUT2D eigenvalue weighted by atomic mass is 35.5. The first-order valence-corrected chi connectivity index (χ1v) is 7.15. The Morgan fingerprint density at radius 1 is 1.36 bits per heavy atom. The predicted octanol–water partition coefficient (Wildman–Crippen LogP) is 2.41. The van der Waals surface area contributed by atoms with Crippen LogP contribution in [0, 0.1) is 0 Å². The number of hydrogen-bond donors (Lipinski definition) is 2. The minimum atomic E-state index is -1.16. The maximum absolute atomic E-state index is 11.9. The molecule has 0 saturated heterocycles. The lowest BCUT2D eigenvalue weighted by Gasteiger charge is -2.16. The molecule has 0 aliphatic heterocycles. The maximum atomic E-state index is 11.9. The lowest BCUT2D eigenvalue weighted by molar-refractivity contribution is -0.142. The fourth-order valence-electron chi connectivity index (χ4n) is 1.84. The zero-order valence-electron chi connectivity index (χ0n) is 12.8. The molecule has 0 spiro atoms. The summed E-state index contributed by atoms with van der Waals surface area (Å²) in [6.45, 7) is 1.84. The molecule has 0 saturated carbocycles. The monoisotopic (exact) mass is 329 g/mol. The number of rotatable bonds is 8. The lowest BCUT2D eigenvalue weighted by Crippen LogP contribution is -2.34. The molecular weight excluding hydrogens is 310 g/mol. The van der Waals surface area contributed by atoms with E-state index in [2.05, 4.69) is 5.32 Å². The molecule has 0 heterocycles. The highest BCUT2D eigenvalue weighted by Crippen LogP contribution is 2.27. The van der Waals surface area contributed by atoms with E-state index in [1.165, 1.54) is 13.2 Å². The van der Waals surface area contributed by atoms with Gasteiger partial charge < -0.3 is 19.9 Å². The zero-order valence-corrected chi connectivity index (χ0v) is 13.5. The van der Waals surface area contributed by atoms with Crippen LogP contribution in [0.3, 0.4) is 0 Å². The highest BCUT2D eigenvalue weighted by molar-refractivity contribution is 6.32. The molecule has 7 heteroatoms. The van der Waals surface area contributed by atoms with E-state index in [9.17, 15) is 14.7 Å². The molecule has 0 aromatic heterocycles. The number of carbonyl (C=O) groups is 2. The van der Waals surface area contributed by atoms with Gasteiger partial charge in [-0.3, -0.25) is 4.79 Å². The summed E-state index contributed by atoms with van der Waals surface area (Å²) in [5.41, 5.74) is 0.381. The van der Waals surface area contributed by atoms with Crippen LogP contribution in [0.1, 0.15) is 31.4 Å². The summed E-state index contributed by atoms with van der Waals surface area (Å²) in [7, 11) is 3.02. The first kappa shape index (κ1) is 18.3. The third-order valence-electron chi connectivity index (χ3n) is 3.24. The van der Waals surface area contributed by atoms with Gasteiger partial charge in [0.1, 0.15) is 5.75 Å². The summed E-state index contributed by atoms with van der Waals surface area (Å²) in [5.74, 6) is -1.08. The van der Waals surface area contributed by atoms with Crippen molar-refractivity contribution >= 4 is 23.5 Å². The van der Waals surface area contributed by atoms with E-state index in [1.54, 1.807) is 19.2 Å². The fourth-order valence-corrected chi connectivity index (χ4v) is 2.10. The largest absolute Gasteiger partial charge is 0.495 e. The van der Waals surface area contributed by atoms with Crippen molar-refractivity contribution in [2.75, 3.05) is 14.2 Å². The van der Waals surface area contributed by atoms with E-state index >= 15 is 0 Å². The quantitative estimate of drug-likeness (QED) is 0.765. The van der Waals surface area contributed by atoms with E-state index in [4.69, 9.17) is 21.1 Å². The molecule has 1 aromatic carbocycles. The van der Waals surface area contributed by atoms with E-state index in [0.29, 0.717) is 17.7 Å². The molecule has 22 heavy (non-hydrogen) atoms. The predicted molar refractivity (Wildman–Crippen MR) is 82.2 cm³/mol. The summed E-state index contributed by atoms with van der Waals surface area (Å²) in [6, 6.07) is 3.43. The molecule has 0 aliphatic rings. The molecule has 2 unspecified atom stereocenters. The Bertz CT molecular complexity index is 535. The molecule has 2 N–H and O–H groups in total. The summed E-state index contributed by atoms with van der Waals surface area (Å²) in [4.78, 5) is 23.3. The second-order valence-electron chi connectivity index (χ2n) is 4.82. The molecular formula is C15H20ClNO5. The van der Waals surface area contributed by atoms with Gasteiger partial charge in [0.15, 0.2) is 6.04 Å². The Morgan fingerprint density at radius 2 is 2.05 bits per heavy atom. The Kier molecular flexibility index (Phi) is 7.14. The number of benzene rings is 1. The number of methoxy groups -OCH3 is 2. The standard InChI is InChI=1S/C15H20ClNO5/c1-9(21-2)4-7-13(18)17-14(15(19)20)10-5-6-12(22-3)11(16)8-10/h5-6,8-9,14H,4,7H2,1-3H3,(H,17,18)(H,19,20). The molecule has 0 radical (unpaired) electrons. The van der Waals surface area contributed by atoms with Crippen LogP contribution in [0.5, 0.6) is 5.75 Å². The minimum absolute atomic E-state index is 0.0653. The summed E-state index contributed by atoms with van der Waals surface area (Å²) in [5, 5.41) is 12.1. The topological polar surface area (TPSA) is 84.9 Å². The van der Waals surface area contributed by atoms with Gasteiger partial charge in [0.25, 0.3) is 0 Å². The second kappa shape index (κ2) is 8.60. The zero-order chi connectivity index (χ0) is 16.7. The number of carbonyl (C=O) groups excluding carboxylic acids is 1. The van der Waals surface area contributed by atoms with Crippen LogP contribution in [-0.2, 0) is 14.3 Å². The van der Waals surface area contributed by atoms with Crippen LogP contribution in [0.15, 0.2) is 18.2 Å². The smallest absolute Gasteiger partial charge is 0.330 e. The van der Waals surface area contributed by atoms with Crippen LogP contribution >= 0.6 is 11.6 Å². The third kappa shape index (κ3) is 5.20. The number of ether oxygens (including phenoxy) is 2. The van der Waals surface area contributed by atoms with E-state index in [-0.39, 0.29) is 23.5 Å². The number of hydrogen-bond acceptors (Lipinski definition) is 4. The number of carboxylic acids is 1. The van der Waals surface area contributed by atoms with Crippen LogP contribution in [-0.4, -0.2) is 37.3 Å². The minimum Gasteiger partial charge on any atom is -0.495 e. The van der Waals surface area contributed by atoms with Gasteiger partial charge in [0, 0.05) is 13.5 Å². The lowest BCUT2D eigenvalue weighted by atomic mass is 10.1. The molecule has 2 atom stereocenters. The summed E-state index contributed by atoms with van der Waals surface area (Å²) in [6.07, 6.45) is 0.630. The first-order chi connectivity index (χ1) is 10.4. The van der Waals surface area contributed by atoms with Crippen LogP contribution in [0.2, 0.25) is 5.02 Å². The molecule has 122 valence electrons. The molecule has 6 nitrogen and oxygen atoms in total. The second-order valence-corrected chi connectivity index (χ2v) is 5.22. The van der Waals surface area contributed by atoms with Crippen molar-refractivity contribution in [3.8, 4) is 5.75 Å². The average Bonchev–Trinajstić information content (AvgIpc) is 2.49. The SMILES string of the molecule is COc1ccc(C(NC(=O)CCC(C)OC)C(=O)O)cc1Cl. The van der Waals surface area contributed by atoms with Gasteiger partial charge in [-0.15, -0.1) is 0 Å². The maximum Gasteiger partial charge on any atom is 0.330 e. The van der Waals surface area contributed by atoms with E-state index in [0.717, 1.165) is 0 Å². The van der Waals surface area contributed by atoms with Crippen molar-refractivity contribution in [1.82, 2.24) is 5.32 Å². The Hall–Kier alpha value is -1.79. The molecule has 0 aliphatic carbocycles. The Morgan fingerprint density at radius 3 is 2.55 bits per heavy atom. The number of aliphatic carboxylic acids is 1. The van der Waals surface area contributed by atoms with Gasteiger partial charge in [0.2, 0.25) is 5.91 Å². The van der Waals surface area contributed by atoms with E-state index < -0.39 is 12.0 Å². The van der Waals surface area contributed by atoms with Crippen molar-refractivity contribution in [2.24, 2.45) is 0 Å². The van der Waals surface area contributed by atoms with Gasteiger partial charge in [-0.25, -0.2) is 4.79 Å². The number of amides is 1. The molecule has 1 rings (SSSR count). The van der Waals surface area contributed by atoms with E-state index in [1.807, 2.05) is 6.92 Å². The summed E-state index contributed by atoms with van der Waals surface area (Å²) >= 11 is 5.99. The molecule has 0 fully saturated rings. The molecule has 1 aromatic rings. The normalized spacial score (nSPS) is 13.3. The Balaban J connectivity index is 2.79. The van der Waals surface area contributed by atoms with Gasteiger partial charge in [-0.2, -0.15) is 0 Å². The van der Waals surface area contributed by atoms with Crippen LogP contribution in [0.4, 0.5) is 0 Å². The first-order valence-electron chi connectivity index (χ1n) is 6.77. The van der Waals surface area contributed by atoms with Crippen LogP contribution < -0.4 is 10.1 Å². The van der Waals surface area contributed by atoms with Crippen molar-refractivity contribution in [1.29, 1.82) is 0 Å². The molecule has 1 amide bonds. The number of carboxylic acid groups (broad SMARTS) is 1. The van der Waals surface area contributed by atoms with Crippen molar-refractivity contribution in [3.05, 3.63) is 28.8 Å². The Labute approximate surface area is 134 Å². The van der Waals surface area contributed by atoms with Gasteiger partial charge in [-0.05, 0) is 31.0 Å². The molecule has 0 bridgehead atoms. The van der Waals surface area contributed by atoms with Crippen molar-refractivity contribution < 1.29 is 24.2 Å². The third-order valence-corrected chi connectivity index (χ3v) is 3.54. The van der Waals surface area contributed by atoms with Gasteiger partial charge in [-0.1, -0.05) is 17.7 Å². The van der Waals surface area contributed by atoms with Gasteiger partial charge >= 0.3 is 5.97 Å². The summed E-state index contributed by atoms with van der Waals surface area (Å²) < 4.78 is 10.1. The van der Waals surface area contributed by atoms with Crippen LogP contribution in [0.25, 0.3) is 0 Å². The van der Waals surface area contributed by atoms with Gasteiger partial charge in [0.05, 0.1) is 18.2 Å². The number of nitrogens with one attached hydrogen (secondary N) is 1. The average molecular weight is 330 g/mol. The van der Waals surface area contributed by atoms with Crippen molar-refractivity contribution in [3.63, 3.8) is 0 Å². The number of halogens is 1. The fraction of sp³-hybridized carbons (Fsp3) is 0.467. The van der Waals surface area contributed by atoms with Crippen molar-refractivity contribution in [2.45, 2.75) is 31.9 Å².